The van der Waals surface area contributed by atoms with E-state index in [0.29, 0.717) is 5.56 Å². The summed E-state index contributed by atoms with van der Waals surface area (Å²) in [5.41, 5.74) is 4.33. The number of carbonyl (C=O) groups excluding carboxylic acids is 1. The molecule has 0 aliphatic carbocycles. The largest absolute Gasteiger partial charge is 0.373 e. The smallest absolute Gasteiger partial charge is 0.258 e. The maximum Gasteiger partial charge on any atom is 0.258 e. The lowest BCUT2D eigenvalue weighted by atomic mass is 10.1. The van der Waals surface area contributed by atoms with Gasteiger partial charge in [-0.05, 0) is 43.7 Å². The van der Waals surface area contributed by atoms with Gasteiger partial charge in [-0.15, -0.1) is 5.10 Å². The number of aromatic nitrogens is 3. The second-order valence-electron chi connectivity index (χ2n) is 6.64. The van der Waals surface area contributed by atoms with Crippen LogP contribution in [0, 0.1) is 0 Å². The fraction of sp³-hybridized carbons (Fsp3) is 0.316. The maximum absolute atomic E-state index is 13.3. The highest BCUT2D eigenvalue weighted by atomic mass is 16.2. The van der Waals surface area contributed by atoms with Gasteiger partial charge in [0.2, 0.25) is 0 Å². The van der Waals surface area contributed by atoms with Crippen molar-refractivity contribution in [2.45, 2.75) is 19.4 Å². The van der Waals surface area contributed by atoms with Crippen molar-refractivity contribution in [1.29, 1.82) is 0 Å². The van der Waals surface area contributed by atoms with Crippen LogP contribution in [0.5, 0.6) is 0 Å². The van der Waals surface area contributed by atoms with Crippen LogP contribution in [-0.4, -0.2) is 40.5 Å². The van der Waals surface area contributed by atoms with E-state index in [4.69, 9.17) is 0 Å². The summed E-state index contributed by atoms with van der Waals surface area (Å²) in [6.07, 6.45) is 0.921. The minimum Gasteiger partial charge on any atom is -0.373 e. The van der Waals surface area contributed by atoms with Crippen molar-refractivity contribution in [3.05, 3.63) is 48.0 Å². The van der Waals surface area contributed by atoms with Crippen molar-refractivity contribution in [2.75, 3.05) is 23.4 Å². The summed E-state index contributed by atoms with van der Waals surface area (Å²) in [4.78, 5) is 17.5. The molecule has 1 aliphatic heterocycles. The fourth-order valence-corrected chi connectivity index (χ4v) is 3.48. The lowest BCUT2D eigenvalue weighted by Gasteiger charge is -2.28. The summed E-state index contributed by atoms with van der Waals surface area (Å²) >= 11 is 0. The predicted molar refractivity (Wildman–Crippen MR) is 99.1 cm³/mol. The van der Waals surface area contributed by atoms with Crippen LogP contribution in [0.1, 0.15) is 23.7 Å². The lowest BCUT2D eigenvalue weighted by molar-refractivity contribution is 0.0978. The molecule has 128 valence electrons. The molecule has 2 heterocycles. The van der Waals surface area contributed by atoms with E-state index in [1.165, 1.54) is 0 Å². The van der Waals surface area contributed by atoms with Crippen molar-refractivity contribution in [2.24, 2.45) is 7.05 Å². The van der Waals surface area contributed by atoms with Gasteiger partial charge in [0.25, 0.3) is 5.91 Å². The molecule has 1 aromatic heterocycles. The Morgan fingerprint density at radius 1 is 1.12 bits per heavy atom. The van der Waals surface area contributed by atoms with Crippen LogP contribution in [0.4, 0.5) is 11.4 Å². The molecule has 1 amide bonds. The van der Waals surface area contributed by atoms with Gasteiger partial charge in [-0.3, -0.25) is 4.79 Å². The first kappa shape index (κ1) is 15.6. The number of anilines is 2. The molecule has 6 heteroatoms. The second kappa shape index (κ2) is 5.88. The second-order valence-corrected chi connectivity index (χ2v) is 6.64. The van der Waals surface area contributed by atoms with Gasteiger partial charge < -0.3 is 9.80 Å². The minimum absolute atomic E-state index is 0.00260. The number of carbonyl (C=O) groups is 1. The monoisotopic (exact) mass is 335 g/mol. The molecule has 4 rings (SSSR count). The summed E-state index contributed by atoms with van der Waals surface area (Å²) in [7, 11) is 3.92. The van der Waals surface area contributed by atoms with Gasteiger partial charge in [-0.1, -0.05) is 17.3 Å². The van der Waals surface area contributed by atoms with E-state index in [1.807, 2.05) is 48.3 Å². The van der Waals surface area contributed by atoms with Crippen molar-refractivity contribution in [3.63, 3.8) is 0 Å². The first-order valence-electron chi connectivity index (χ1n) is 8.49. The molecule has 1 atom stereocenters. The Morgan fingerprint density at radius 2 is 1.88 bits per heavy atom. The number of hydrogen-bond donors (Lipinski definition) is 0. The van der Waals surface area contributed by atoms with Crippen LogP contribution in [0.15, 0.2) is 42.5 Å². The Balaban J connectivity index is 1.80. The molecule has 3 aromatic rings. The van der Waals surface area contributed by atoms with E-state index in [-0.39, 0.29) is 11.9 Å². The number of nitrogens with zero attached hydrogens (tertiary/aromatic N) is 5. The van der Waals surface area contributed by atoms with Gasteiger partial charge in [-0.25, -0.2) is 4.68 Å². The number of benzene rings is 2. The first-order chi connectivity index (χ1) is 12.1. The van der Waals surface area contributed by atoms with Crippen LogP contribution in [0.25, 0.3) is 11.0 Å². The molecule has 0 saturated heterocycles. The van der Waals surface area contributed by atoms with Crippen molar-refractivity contribution in [3.8, 4) is 0 Å². The molecule has 2 aromatic carbocycles. The molecule has 1 aliphatic rings. The molecular weight excluding hydrogens is 314 g/mol. The van der Waals surface area contributed by atoms with E-state index in [2.05, 4.69) is 35.2 Å². The Morgan fingerprint density at radius 3 is 2.68 bits per heavy atom. The zero-order valence-electron chi connectivity index (χ0n) is 14.7. The van der Waals surface area contributed by atoms with Crippen molar-refractivity contribution in [1.82, 2.24) is 15.0 Å². The molecule has 0 bridgehead atoms. The summed E-state index contributed by atoms with van der Waals surface area (Å²) in [6, 6.07) is 13.8. The number of para-hydroxylation sites is 2. The van der Waals surface area contributed by atoms with Crippen LogP contribution < -0.4 is 9.80 Å². The average molecular weight is 335 g/mol. The lowest BCUT2D eigenvalue weighted by Crippen LogP contribution is -2.38. The Kier molecular flexibility index (Phi) is 3.67. The highest BCUT2D eigenvalue weighted by molar-refractivity contribution is 6.09. The average Bonchev–Trinajstić information content (AvgIpc) is 2.94. The summed E-state index contributed by atoms with van der Waals surface area (Å²) in [5.74, 6) is 0.00260. The molecule has 0 radical (unpaired) electrons. The summed E-state index contributed by atoms with van der Waals surface area (Å²) in [5, 5.41) is 8.15. The highest BCUT2D eigenvalue weighted by Crippen LogP contribution is 2.34. The minimum atomic E-state index is 0.00260. The van der Waals surface area contributed by atoms with Crippen LogP contribution in [0.3, 0.4) is 0 Å². The third kappa shape index (κ3) is 2.54. The van der Waals surface area contributed by atoms with Gasteiger partial charge in [0.05, 0.1) is 16.9 Å². The third-order valence-electron chi connectivity index (χ3n) is 4.95. The van der Waals surface area contributed by atoms with Crippen LogP contribution >= 0.6 is 0 Å². The molecule has 0 spiro atoms. The van der Waals surface area contributed by atoms with E-state index in [1.54, 1.807) is 4.68 Å². The zero-order valence-corrected chi connectivity index (χ0v) is 14.7. The molecular formula is C19H21N5O. The van der Waals surface area contributed by atoms with Crippen molar-refractivity contribution < 1.29 is 4.79 Å². The van der Waals surface area contributed by atoms with E-state index < -0.39 is 0 Å². The molecule has 25 heavy (non-hydrogen) atoms. The number of rotatable bonds is 1. The molecule has 0 fully saturated rings. The SMILES string of the molecule is C[C@H]1CCN(C)c2ccccc2N1C(=O)c1ccc2c(c1)nnn2C. The molecule has 0 saturated carbocycles. The van der Waals surface area contributed by atoms with Gasteiger partial charge in [0.15, 0.2) is 0 Å². The quantitative estimate of drug-likeness (QED) is 0.686. The zero-order chi connectivity index (χ0) is 17.6. The van der Waals surface area contributed by atoms with E-state index in [0.717, 1.165) is 35.4 Å². The summed E-state index contributed by atoms with van der Waals surface area (Å²) < 4.78 is 1.71. The van der Waals surface area contributed by atoms with Gasteiger partial charge in [0, 0.05) is 32.2 Å². The standard InChI is InChI=1S/C19H21N5O/c1-13-10-11-22(2)17-6-4-5-7-18(17)24(13)19(25)14-8-9-16-15(12-14)20-21-23(16)3/h4-9,12-13H,10-11H2,1-3H3/t13-/m0/s1. The number of aryl methyl sites for hydroxylation is 1. The number of fused-ring (bicyclic) bond motifs is 2. The first-order valence-corrected chi connectivity index (χ1v) is 8.49. The Hall–Kier alpha value is -2.89. The maximum atomic E-state index is 13.3. The van der Waals surface area contributed by atoms with Gasteiger partial charge in [0.1, 0.15) is 5.52 Å². The Labute approximate surface area is 146 Å². The number of amides is 1. The normalized spacial score (nSPS) is 17.5. The van der Waals surface area contributed by atoms with E-state index in [9.17, 15) is 4.79 Å². The van der Waals surface area contributed by atoms with E-state index >= 15 is 0 Å². The third-order valence-corrected chi connectivity index (χ3v) is 4.95. The number of hydrogen-bond acceptors (Lipinski definition) is 4. The Bertz CT molecular complexity index is 948. The topological polar surface area (TPSA) is 54.3 Å². The molecule has 0 N–H and O–H groups in total. The highest BCUT2D eigenvalue weighted by Gasteiger charge is 2.29. The fourth-order valence-electron chi connectivity index (χ4n) is 3.48. The van der Waals surface area contributed by atoms with Gasteiger partial charge >= 0.3 is 0 Å². The molecule has 0 unspecified atom stereocenters. The van der Waals surface area contributed by atoms with Crippen LogP contribution in [0.2, 0.25) is 0 Å². The van der Waals surface area contributed by atoms with Crippen LogP contribution in [-0.2, 0) is 7.05 Å². The summed E-state index contributed by atoms with van der Waals surface area (Å²) in [6.45, 7) is 3.03. The predicted octanol–water partition coefficient (Wildman–Crippen LogP) is 2.84. The molecule has 6 nitrogen and oxygen atoms in total. The van der Waals surface area contributed by atoms with Gasteiger partial charge in [-0.2, -0.15) is 0 Å². The van der Waals surface area contributed by atoms with Crippen molar-refractivity contribution >= 4 is 28.3 Å².